The molecule has 5 amide bonds. The van der Waals surface area contributed by atoms with E-state index in [2.05, 4.69) is 41.5 Å². The number of ether oxygens (including phenoxy) is 1. The maximum absolute atomic E-state index is 13.7. The van der Waals surface area contributed by atoms with Crippen molar-refractivity contribution in [2.45, 2.75) is 50.9 Å². The van der Waals surface area contributed by atoms with E-state index in [1.54, 1.807) is 23.1 Å². The normalized spacial score (nSPS) is 15.1. The van der Waals surface area contributed by atoms with Crippen LogP contribution in [0.1, 0.15) is 47.3 Å². The lowest BCUT2D eigenvalue weighted by Crippen LogP contribution is -2.49. The van der Waals surface area contributed by atoms with Gasteiger partial charge in [0, 0.05) is 81.0 Å². The first-order valence-electron chi connectivity index (χ1n) is 20.6. The standard InChI is InChI=1S/C41H44F2N10O6.C2HF3O2/c42-28-22-27(23-29(43)25-28)21-26-1-6-33-32(24-26)39(50-49-33)48-41(58)35-11-12-45-53(35)18-20-59-19-13-44-36(54)9-10-38(56)52-16-14-51(15-17-52)31-4-2-30(3-5-31)46-34-7-8-37(55)47-40(34)57;3-2(4,5)1(6)7/h1-6,11-12,22-25,34,46H,7-10,13-21H2,(H,44,54)(H,47,55,57)(H2,48,49,50,58);(H,6,7). The van der Waals surface area contributed by atoms with Gasteiger partial charge in [-0.3, -0.25) is 39.1 Å². The number of aromatic nitrogens is 4. The molecule has 0 radical (unpaired) electrons. The first kappa shape index (κ1) is 48.0. The number of fused-ring (bicyclic) bond motifs is 1. The maximum Gasteiger partial charge on any atom is 0.490 e. The minimum Gasteiger partial charge on any atom is -0.475 e. The van der Waals surface area contributed by atoms with E-state index >= 15 is 0 Å². The number of alkyl halides is 3. The Hall–Kier alpha value is -7.43. The molecule has 0 spiro atoms. The fourth-order valence-electron chi connectivity index (χ4n) is 7.09. The quantitative estimate of drug-likeness (QED) is 0.0469. The van der Waals surface area contributed by atoms with Gasteiger partial charge >= 0.3 is 12.1 Å². The summed E-state index contributed by atoms with van der Waals surface area (Å²) in [7, 11) is 0. The van der Waals surface area contributed by atoms with Crippen molar-refractivity contribution in [3.63, 3.8) is 0 Å². The van der Waals surface area contributed by atoms with Gasteiger partial charge in [0.25, 0.3) is 5.91 Å². The highest BCUT2D eigenvalue weighted by molar-refractivity contribution is 6.07. The predicted octanol–water partition coefficient (Wildman–Crippen LogP) is 3.99. The molecule has 0 saturated carbocycles. The number of carbonyl (C=O) groups excluding carboxylic acids is 5. The van der Waals surface area contributed by atoms with Crippen molar-refractivity contribution in [1.29, 1.82) is 0 Å². The zero-order chi connectivity index (χ0) is 47.4. The SMILES string of the molecule is O=C(CCC(=O)N1CCN(c2ccc(NC3CCC(=O)NC3=O)cc2)CC1)NCCOCCn1nccc1C(=O)Nc1n[nH]c2ccc(Cc3cc(F)cc(F)c3)cc12.O=C(O)C(F)(F)F. The number of halogens is 5. The van der Waals surface area contributed by atoms with Crippen molar-refractivity contribution >= 4 is 63.6 Å². The van der Waals surface area contributed by atoms with Gasteiger partial charge in [-0.2, -0.15) is 23.4 Å². The monoisotopic (exact) mass is 924 g/mol. The molecular formula is C43H45F5N10O8. The highest BCUT2D eigenvalue weighted by Gasteiger charge is 2.38. The van der Waals surface area contributed by atoms with Crippen LogP contribution in [0.5, 0.6) is 0 Å². The molecule has 18 nitrogen and oxygen atoms in total. The first-order chi connectivity index (χ1) is 31.5. The third kappa shape index (κ3) is 13.5. The topological polar surface area (TPSA) is 233 Å². The molecule has 3 aromatic carbocycles. The summed E-state index contributed by atoms with van der Waals surface area (Å²) in [6, 6.07) is 17.6. The number of H-pyrrole nitrogens is 1. The number of piperazine rings is 1. The van der Waals surface area contributed by atoms with Crippen LogP contribution in [0, 0.1) is 11.6 Å². The van der Waals surface area contributed by atoms with Crippen LogP contribution in [-0.2, 0) is 41.7 Å². The summed E-state index contributed by atoms with van der Waals surface area (Å²) in [4.78, 5) is 74.8. The van der Waals surface area contributed by atoms with Crippen LogP contribution in [-0.4, -0.2) is 124 Å². The number of rotatable bonds is 16. The average Bonchev–Trinajstić information content (AvgIpc) is 3.91. The molecule has 2 saturated heterocycles. The Morgan fingerprint density at radius 3 is 2.27 bits per heavy atom. The number of imide groups is 1. The molecule has 7 rings (SSSR count). The Balaban J connectivity index is 0.000000952. The van der Waals surface area contributed by atoms with Gasteiger partial charge in [-0.15, -0.1) is 0 Å². The number of anilines is 3. The number of carboxylic acid groups (broad SMARTS) is 1. The van der Waals surface area contributed by atoms with Gasteiger partial charge in [0.15, 0.2) is 5.82 Å². The maximum atomic E-state index is 13.7. The lowest BCUT2D eigenvalue weighted by Gasteiger charge is -2.36. The number of carbonyl (C=O) groups is 6. The highest BCUT2D eigenvalue weighted by atomic mass is 19.4. The molecule has 66 heavy (non-hydrogen) atoms. The summed E-state index contributed by atoms with van der Waals surface area (Å²) < 4.78 is 66.3. The summed E-state index contributed by atoms with van der Waals surface area (Å²) >= 11 is 0. The number of aliphatic carboxylic acids is 1. The van der Waals surface area contributed by atoms with Gasteiger partial charge < -0.3 is 35.6 Å². The summed E-state index contributed by atoms with van der Waals surface area (Å²) in [5, 5.41) is 30.2. The summed E-state index contributed by atoms with van der Waals surface area (Å²) in [6.45, 7) is 3.34. The smallest absolute Gasteiger partial charge is 0.475 e. The van der Waals surface area contributed by atoms with Crippen molar-refractivity contribution in [1.82, 2.24) is 35.5 Å². The molecule has 2 fully saturated rings. The fraction of sp³-hybridized carbons (Fsp3) is 0.349. The molecule has 0 aliphatic carbocycles. The number of piperidine rings is 1. The lowest BCUT2D eigenvalue weighted by molar-refractivity contribution is -0.192. The lowest BCUT2D eigenvalue weighted by atomic mass is 10.0. The molecule has 6 N–H and O–H groups in total. The zero-order valence-corrected chi connectivity index (χ0v) is 35.1. The van der Waals surface area contributed by atoms with Crippen molar-refractivity contribution in [3.05, 3.63) is 101 Å². The van der Waals surface area contributed by atoms with Gasteiger partial charge in [0.05, 0.1) is 25.3 Å². The second-order valence-electron chi connectivity index (χ2n) is 15.1. The van der Waals surface area contributed by atoms with E-state index in [4.69, 9.17) is 14.6 Å². The number of nitrogens with zero attached hydrogens (tertiary/aromatic N) is 5. The van der Waals surface area contributed by atoms with E-state index in [1.165, 1.54) is 23.0 Å². The number of carboxylic acids is 1. The molecule has 2 aromatic heterocycles. The molecule has 2 aliphatic rings. The average molecular weight is 925 g/mol. The number of nitrogens with one attached hydrogen (secondary N) is 5. The second kappa shape index (κ2) is 22.0. The number of hydrogen-bond acceptors (Lipinski definition) is 11. The Morgan fingerprint density at radius 1 is 0.879 bits per heavy atom. The van der Waals surface area contributed by atoms with Crippen molar-refractivity contribution in [2.24, 2.45) is 0 Å². The molecular weight excluding hydrogens is 880 g/mol. The minimum atomic E-state index is -5.08. The van der Waals surface area contributed by atoms with Gasteiger partial charge in [-0.05, 0) is 78.6 Å². The molecule has 2 aliphatic heterocycles. The van der Waals surface area contributed by atoms with E-state index in [0.29, 0.717) is 61.3 Å². The third-order valence-electron chi connectivity index (χ3n) is 10.4. The summed E-state index contributed by atoms with van der Waals surface area (Å²) in [5.74, 6) is -5.11. The zero-order valence-electron chi connectivity index (χ0n) is 35.1. The Morgan fingerprint density at radius 2 is 1.59 bits per heavy atom. The van der Waals surface area contributed by atoms with Crippen LogP contribution < -0.4 is 26.2 Å². The van der Waals surface area contributed by atoms with Gasteiger partial charge in [-0.1, -0.05) is 6.07 Å². The minimum absolute atomic E-state index is 0.0615. The Bertz CT molecular complexity index is 2520. The summed E-state index contributed by atoms with van der Waals surface area (Å²) in [6.07, 6.45) is -2.38. The molecule has 350 valence electrons. The second-order valence-corrected chi connectivity index (χ2v) is 15.1. The van der Waals surface area contributed by atoms with Crippen LogP contribution in [0.25, 0.3) is 10.9 Å². The van der Waals surface area contributed by atoms with Crippen LogP contribution in [0.15, 0.2) is 72.9 Å². The van der Waals surface area contributed by atoms with Crippen LogP contribution in [0.3, 0.4) is 0 Å². The van der Waals surface area contributed by atoms with Gasteiger partial charge in [0.2, 0.25) is 23.6 Å². The number of amides is 5. The molecule has 4 heterocycles. The molecule has 5 aromatic rings. The van der Waals surface area contributed by atoms with Crippen molar-refractivity contribution in [3.8, 4) is 0 Å². The first-order valence-corrected chi connectivity index (χ1v) is 20.6. The highest BCUT2D eigenvalue weighted by Crippen LogP contribution is 2.25. The van der Waals surface area contributed by atoms with E-state index in [9.17, 15) is 45.9 Å². The van der Waals surface area contributed by atoms with Crippen LogP contribution in [0.2, 0.25) is 0 Å². The van der Waals surface area contributed by atoms with Crippen molar-refractivity contribution < 1.29 is 60.6 Å². The fourth-order valence-corrected chi connectivity index (χ4v) is 7.09. The number of benzene rings is 3. The summed E-state index contributed by atoms with van der Waals surface area (Å²) in [5.41, 5.74) is 4.00. The Labute approximate surface area is 372 Å². The van der Waals surface area contributed by atoms with Crippen LogP contribution in [0.4, 0.5) is 39.1 Å². The van der Waals surface area contributed by atoms with Crippen molar-refractivity contribution in [2.75, 3.05) is 61.5 Å². The molecule has 1 unspecified atom stereocenters. The third-order valence-corrected chi connectivity index (χ3v) is 10.4. The van der Waals surface area contributed by atoms with E-state index in [-0.39, 0.29) is 74.9 Å². The molecule has 23 heteroatoms. The van der Waals surface area contributed by atoms with Crippen LogP contribution >= 0.6 is 0 Å². The predicted molar refractivity (Wildman–Crippen MR) is 227 cm³/mol. The molecule has 0 bridgehead atoms. The largest absolute Gasteiger partial charge is 0.490 e. The van der Waals surface area contributed by atoms with Gasteiger partial charge in [0.1, 0.15) is 23.4 Å². The number of hydrogen-bond donors (Lipinski definition) is 6. The van der Waals surface area contributed by atoms with E-state index in [1.807, 2.05) is 30.3 Å². The van der Waals surface area contributed by atoms with E-state index in [0.717, 1.165) is 23.0 Å². The number of aromatic amines is 1. The Kier molecular flexibility index (Phi) is 16.0. The van der Waals surface area contributed by atoms with E-state index < -0.39 is 35.7 Å². The van der Waals surface area contributed by atoms with Gasteiger partial charge in [-0.25, -0.2) is 13.6 Å². The molecule has 1 atom stereocenters.